The second-order valence-electron chi connectivity index (χ2n) is 5.62. The van der Waals surface area contributed by atoms with Crippen molar-refractivity contribution in [1.29, 1.82) is 0 Å². The smallest absolute Gasteiger partial charge is 0.482 e. The normalized spacial score (nSPS) is 30.9. The van der Waals surface area contributed by atoms with Crippen LogP contribution < -0.4 is 4.81 Å². The standard InChI is InChI=1S/C13H26BNO2Si/c1-4-18(5-2,6-3)13-7-8-14-15(9-11-16-14)10-12-17-14/h15H,4-6,8-12H2,1-3H3. The van der Waals surface area contributed by atoms with Crippen LogP contribution in [-0.4, -0.2) is 41.1 Å². The number of hydrogen-bond acceptors (Lipinski definition) is 2. The van der Waals surface area contributed by atoms with E-state index in [2.05, 4.69) is 32.2 Å². The third-order valence-corrected chi connectivity index (χ3v) is 9.76. The Morgan fingerprint density at radius 1 is 1.06 bits per heavy atom. The Bertz CT molecular complexity index is 330. The van der Waals surface area contributed by atoms with Crippen molar-refractivity contribution in [2.75, 3.05) is 26.3 Å². The molecule has 1 N–H and O–H groups in total. The molecular formula is C13H26BNO2Si. The first-order valence-corrected chi connectivity index (χ1v) is 10.1. The molecule has 0 amide bonds. The van der Waals surface area contributed by atoms with E-state index in [4.69, 9.17) is 9.31 Å². The zero-order valence-corrected chi connectivity index (χ0v) is 13.1. The lowest BCUT2D eigenvalue weighted by molar-refractivity contribution is -0.783. The Kier molecular flexibility index (Phi) is 4.55. The molecule has 0 atom stereocenters. The highest BCUT2D eigenvalue weighted by Gasteiger charge is 2.48. The summed E-state index contributed by atoms with van der Waals surface area (Å²) in [4.78, 5) is 1.50. The van der Waals surface area contributed by atoms with Crippen LogP contribution in [0.15, 0.2) is 0 Å². The van der Waals surface area contributed by atoms with Gasteiger partial charge in [0.25, 0.3) is 0 Å². The van der Waals surface area contributed by atoms with Crippen molar-refractivity contribution in [2.45, 2.75) is 45.2 Å². The Morgan fingerprint density at radius 2 is 1.61 bits per heavy atom. The van der Waals surface area contributed by atoms with Crippen molar-refractivity contribution < 1.29 is 14.1 Å². The van der Waals surface area contributed by atoms with Gasteiger partial charge in [-0.25, -0.2) is 0 Å². The van der Waals surface area contributed by atoms with Gasteiger partial charge in [-0.1, -0.05) is 20.8 Å². The molecule has 0 aromatic heterocycles. The van der Waals surface area contributed by atoms with E-state index in [1.807, 2.05) is 0 Å². The van der Waals surface area contributed by atoms with Crippen LogP contribution in [0.1, 0.15) is 20.8 Å². The highest BCUT2D eigenvalue weighted by Crippen LogP contribution is 2.19. The van der Waals surface area contributed by atoms with Crippen molar-refractivity contribution >= 4 is 14.8 Å². The maximum Gasteiger partial charge on any atom is 0.482 e. The fraction of sp³-hybridized carbons (Fsp3) is 0.846. The molecule has 2 aliphatic heterocycles. The fourth-order valence-corrected chi connectivity index (χ4v) is 5.77. The van der Waals surface area contributed by atoms with Crippen molar-refractivity contribution in [3.8, 4) is 11.5 Å². The molecule has 2 aliphatic rings. The minimum absolute atomic E-state index is 0.810. The van der Waals surface area contributed by atoms with Crippen LogP contribution in [-0.2, 0) is 9.31 Å². The van der Waals surface area contributed by atoms with Crippen molar-refractivity contribution in [3.63, 3.8) is 0 Å². The molecule has 0 unspecified atom stereocenters. The van der Waals surface area contributed by atoms with Crippen LogP contribution in [0.2, 0.25) is 24.5 Å². The van der Waals surface area contributed by atoms with Gasteiger partial charge < -0.3 is 14.1 Å². The highest BCUT2D eigenvalue weighted by molar-refractivity contribution is 6.87. The second kappa shape index (κ2) is 5.79. The lowest BCUT2D eigenvalue weighted by Crippen LogP contribution is -3.19. The zero-order chi connectivity index (χ0) is 13.1. The molecule has 3 nitrogen and oxygen atoms in total. The number of nitrogens with one attached hydrogen (secondary N) is 1. The van der Waals surface area contributed by atoms with Crippen molar-refractivity contribution in [2.24, 2.45) is 0 Å². The van der Waals surface area contributed by atoms with Crippen LogP contribution in [0, 0.1) is 11.5 Å². The maximum atomic E-state index is 5.90. The van der Waals surface area contributed by atoms with Gasteiger partial charge in [0, 0.05) is 6.32 Å². The maximum absolute atomic E-state index is 5.90. The first-order chi connectivity index (χ1) is 8.70. The molecule has 0 aromatic rings. The monoisotopic (exact) mass is 267 g/mol. The average molecular weight is 267 g/mol. The first kappa shape index (κ1) is 14.1. The van der Waals surface area contributed by atoms with E-state index >= 15 is 0 Å². The van der Waals surface area contributed by atoms with Crippen LogP contribution in [0.5, 0.6) is 0 Å². The van der Waals surface area contributed by atoms with Gasteiger partial charge in [0.1, 0.15) is 8.07 Å². The summed E-state index contributed by atoms with van der Waals surface area (Å²) >= 11 is 0. The van der Waals surface area contributed by atoms with Gasteiger partial charge >= 0.3 is 6.69 Å². The predicted molar refractivity (Wildman–Crippen MR) is 78.1 cm³/mol. The molecular weight excluding hydrogens is 241 g/mol. The minimum Gasteiger partial charge on any atom is -0.509 e. The fourth-order valence-electron chi connectivity index (χ4n) is 3.26. The number of quaternary nitrogens is 1. The van der Waals surface area contributed by atoms with E-state index in [1.54, 1.807) is 0 Å². The van der Waals surface area contributed by atoms with Crippen LogP contribution in [0.4, 0.5) is 0 Å². The SMILES string of the molecule is CC[Si](C#CC[B-]12OCC[NH+]1CCO2)(CC)CC. The Hall–Kier alpha value is -0.278. The van der Waals surface area contributed by atoms with Crippen molar-refractivity contribution in [1.82, 2.24) is 0 Å². The minimum atomic E-state index is -1.31. The Balaban J connectivity index is 2.03. The molecule has 0 aromatic carbocycles. The quantitative estimate of drug-likeness (QED) is 0.604. The molecule has 0 bridgehead atoms. The summed E-state index contributed by atoms with van der Waals surface area (Å²) in [6.07, 6.45) is 0.810. The lowest BCUT2D eigenvalue weighted by atomic mass is 9.68. The molecule has 0 aliphatic carbocycles. The zero-order valence-electron chi connectivity index (χ0n) is 12.1. The van der Waals surface area contributed by atoms with Gasteiger partial charge in [-0.2, -0.15) is 0 Å². The van der Waals surface area contributed by atoms with Crippen LogP contribution in [0.3, 0.4) is 0 Å². The topological polar surface area (TPSA) is 22.9 Å². The molecule has 102 valence electrons. The van der Waals surface area contributed by atoms with E-state index < -0.39 is 14.8 Å². The van der Waals surface area contributed by atoms with E-state index in [9.17, 15) is 0 Å². The predicted octanol–water partition coefficient (Wildman–Crippen LogP) is 0.922. The second-order valence-corrected chi connectivity index (χ2v) is 10.5. The summed E-state index contributed by atoms with van der Waals surface area (Å²) in [7, 11) is -1.31. The van der Waals surface area contributed by atoms with Gasteiger partial charge in [0.05, 0.1) is 26.3 Å². The molecule has 2 saturated heterocycles. The Morgan fingerprint density at radius 3 is 2.11 bits per heavy atom. The molecule has 0 radical (unpaired) electrons. The molecule has 0 saturated carbocycles. The van der Waals surface area contributed by atoms with Gasteiger partial charge in [-0.05, 0) is 18.1 Å². The summed E-state index contributed by atoms with van der Waals surface area (Å²) in [5.41, 5.74) is 3.65. The third-order valence-electron chi connectivity index (χ3n) is 5.00. The summed E-state index contributed by atoms with van der Waals surface area (Å²) < 4.78 is 11.8. The average Bonchev–Trinajstić information content (AvgIpc) is 2.94. The number of hydrogen-bond donors (Lipinski definition) is 1. The summed E-state index contributed by atoms with van der Waals surface area (Å²) in [6.45, 7) is 9.66. The molecule has 2 heterocycles. The first-order valence-electron chi connectivity index (χ1n) is 7.49. The van der Waals surface area contributed by atoms with E-state index in [0.29, 0.717) is 0 Å². The van der Waals surface area contributed by atoms with Crippen LogP contribution in [0.25, 0.3) is 0 Å². The van der Waals surface area contributed by atoms with E-state index in [0.717, 1.165) is 32.6 Å². The van der Waals surface area contributed by atoms with Gasteiger partial charge in [-0.15, -0.1) is 11.5 Å². The van der Waals surface area contributed by atoms with Gasteiger partial charge in [-0.3, -0.25) is 0 Å². The number of fused-ring (bicyclic) bond motifs is 1. The largest absolute Gasteiger partial charge is 0.509 e. The van der Waals surface area contributed by atoms with Gasteiger partial charge in [0.15, 0.2) is 0 Å². The summed E-state index contributed by atoms with van der Waals surface area (Å²) in [5, 5.41) is 0. The van der Waals surface area contributed by atoms with E-state index in [1.165, 1.54) is 22.9 Å². The molecule has 5 heteroatoms. The molecule has 0 spiro atoms. The van der Waals surface area contributed by atoms with Gasteiger partial charge in [0.2, 0.25) is 0 Å². The van der Waals surface area contributed by atoms with Crippen LogP contribution >= 0.6 is 0 Å². The molecule has 2 rings (SSSR count). The highest BCUT2D eigenvalue weighted by atomic mass is 28.3. The molecule has 2 fully saturated rings. The third kappa shape index (κ3) is 2.53. The Labute approximate surface area is 112 Å². The van der Waals surface area contributed by atoms with Crippen molar-refractivity contribution in [3.05, 3.63) is 0 Å². The molecule has 18 heavy (non-hydrogen) atoms. The summed E-state index contributed by atoms with van der Waals surface area (Å²) in [5.74, 6) is 3.45. The lowest BCUT2D eigenvalue weighted by Gasteiger charge is -2.29. The van der Waals surface area contributed by atoms with E-state index in [-0.39, 0.29) is 0 Å². The summed E-state index contributed by atoms with van der Waals surface area (Å²) in [6, 6.07) is 3.81. The number of rotatable bonds is 4.